The molecule has 2 heterocycles. The summed E-state index contributed by atoms with van der Waals surface area (Å²) in [5.74, 6) is -6.56. The Morgan fingerprint density at radius 2 is 1.18 bits per heavy atom. The number of aromatic amines is 2. The molecule has 73 heavy (non-hydrogen) atoms. The highest BCUT2D eigenvalue weighted by molar-refractivity contribution is 7.98. The van der Waals surface area contributed by atoms with E-state index >= 15 is 0 Å². The molecule has 5 rings (SSSR count). The van der Waals surface area contributed by atoms with Crippen molar-refractivity contribution < 1.29 is 48.3 Å². The molecule has 12 N–H and O–H groups in total. The molecule has 0 unspecified atom stereocenters. The van der Waals surface area contributed by atoms with Gasteiger partial charge in [-0.15, -0.1) is 10.2 Å². The minimum atomic E-state index is -1.69. The number of thioether (sulfide) groups is 2. The normalized spacial score (nSPS) is 13.5. The van der Waals surface area contributed by atoms with Crippen molar-refractivity contribution in [1.82, 2.24) is 62.8 Å². The number of benzene rings is 3. The molecule has 388 valence electrons. The first-order valence-electron chi connectivity index (χ1n) is 23.0. The van der Waals surface area contributed by atoms with Gasteiger partial charge in [0.05, 0.1) is 13.0 Å². The number of carbonyl (C=O) groups is 9. The van der Waals surface area contributed by atoms with Gasteiger partial charge in [0.2, 0.25) is 53.1 Å². The molecule has 0 aliphatic rings. The number of tetrazole rings is 1. The Morgan fingerprint density at radius 3 is 1.78 bits per heavy atom. The van der Waals surface area contributed by atoms with Gasteiger partial charge in [0.1, 0.15) is 36.3 Å². The molecule has 0 aliphatic heterocycles. The third-order valence-corrected chi connectivity index (χ3v) is 12.6. The number of aliphatic carboxylic acids is 1. The van der Waals surface area contributed by atoms with Crippen LogP contribution in [0.25, 0.3) is 22.3 Å². The average molecular weight is 1040 g/mol. The Hall–Kier alpha value is -7.80. The number of nitrogens with two attached hydrogens (primary N) is 1. The third kappa shape index (κ3) is 17.8. The van der Waals surface area contributed by atoms with Gasteiger partial charge in [0.15, 0.2) is 0 Å². The van der Waals surface area contributed by atoms with E-state index in [-0.39, 0.29) is 32.1 Å². The van der Waals surface area contributed by atoms with E-state index in [0.29, 0.717) is 39.6 Å². The molecule has 0 fully saturated rings. The standard InChI is InChI=1S/C48H59N13O10S2/c1-27(62)52-37(22-29-13-15-30(16-14-29)43-58-60-61-59-43)46(69)54-34(17-19-72-2)44(67)51-26-40(63)53-38(23-31-25-50-33-12-8-7-11-32(31)33)47(70)55-35(18-20-73-3)45(68)57-39(24-41(64)65)48(71)56-36(42(49)66)21-28-9-5-4-6-10-28/h4-16,25,34-39,50H,17-24,26H2,1-3H3,(H2,49,66)(H,51,67)(H,52,62)(H,53,63)(H,54,69)(H,55,70)(H,56,71)(H,57,68)(H,64,65)(H,58,59,60,61)/t34-,35-,36-,37-,38-,39-/m0/s1. The van der Waals surface area contributed by atoms with Crippen molar-refractivity contribution in [3.05, 3.63) is 102 Å². The molecule has 0 saturated heterocycles. The lowest BCUT2D eigenvalue weighted by atomic mass is 10.0. The molecule has 0 aliphatic carbocycles. The first-order chi connectivity index (χ1) is 35.0. The van der Waals surface area contributed by atoms with E-state index in [2.05, 4.69) is 62.8 Å². The Balaban J connectivity index is 1.29. The summed E-state index contributed by atoms with van der Waals surface area (Å²) < 4.78 is 0. The maximum atomic E-state index is 14.3. The minimum absolute atomic E-state index is 0.00703. The van der Waals surface area contributed by atoms with Crippen LogP contribution in [0.5, 0.6) is 0 Å². The van der Waals surface area contributed by atoms with Crippen molar-refractivity contribution in [2.45, 2.75) is 81.7 Å². The van der Waals surface area contributed by atoms with Gasteiger partial charge in [-0.2, -0.15) is 28.7 Å². The van der Waals surface area contributed by atoms with Crippen LogP contribution in [0.15, 0.2) is 85.1 Å². The van der Waals surface area contributed by atoms with Gasteiger partial charge in [-0.1, -0.05) is 72.8 Å². The highest BCUT2D eigenvalue weighted by Gasteiger charge is 2.33. The molecule has 23 nitrogen and oxygen atoms in total. The fourth-order valence-electron chi connectivity index (χ4n) is 7.58. The molecule has 0 spiro atoms. The van der Waals surface area contributed by atoms with Crippen LogP contribution in [0.1, 0.15) is 42.9 Å². The molecule has 25 heteroatoms. The number of carboxylic acid groups (broad SMARTS) is 1. The number of amides is 8. The molecule has 0 bridgehead atoms. The topological polar surface area (TPSA) is 354 Å². The molecule has 5 aromatic rings. The lowest BCUT2D eigenvalue weighted by Gasteiger charge is -2.26. The van der Waals surface area contributed by atoms with Gasteiger partial charge >= 0.3 is 5.97 Å². The summed E-state index contributed by atoms with van der Waals surface area (Å²) >= 11 is 2.77. The SMILES string of the molecule is CSCC[C@H](NC(=O)[C@H](Cc1ccc(-c2nn[nH]n2)cc1)NC(C)=O)C(=O)NCC(=O)N[C@@H](Cc1c[nH]c2ccccc12)C(=O)N[C@@H](CCSC)C(=O)N[C@@H](CC(=O)O)C(=O)N[C@@H](Cc1ccccc1)C(N)=O. The van der Waals surface area contributed by atoms with Crippen LogP contribution in [0.4, 0.5) is 0 Å². The summed E-state index contributed by atoms with van der Waals surface area (Å²) in [7, 11) is 0. The first kappa shape index (κ1) is 56.1. The van der Waals surface area contributed by atoms with Crippen molar-refractivity contribution in [3.63, 3.8) is 0 Å². The van der Waals surface area contributed by atoms with Crippen LogP contribution < -0.4 is 43.0 Å². The van der Waals surface area contributed by atoms with Crippen molar-refractivity contribution in [3.8, 4) is 11.4 Å². The first-order valence-corrected chi connectivity index (χ1v) is 25.8. The number of primary amides is 1. The van der Waals surface area contributed by atoms with E-state index in [1.54, 1.807) is 73.1 Å². The summed E-state index contributed by atoms with van der Waals surface area (Å²) in [6.45, 7) is 0.626. The largest absolute Gasteiger partial charge is 0.481 e. The smallest absolute Gasteiger partial charge is 0.305 e. The molecule has 6 atom stereocenters. The Kier molecular flexibility index (Phi) is 21.8. The maximum Gasteiger partial charge on any atom is 0.305 e. The summed E-state index contributed by atoms with van der Waals surface area (Å²) in [5.41, 5.74) is 8.97. The summed E-state index contributed by atoms with van der Waals surface area (Å²) in [4.78, 5) is 123. The van der Waals surface area contributed by atoms with E-state index in [0.717, 1.165) is 10.9 Å². The lowest BCUT2D eigenvalue weighted by molar-refractivity contribution is -0.141. The van der Waals surface area contributed by atoms with Gasteiger partial charge in [-0.25, -0.2) is 0 Å². The third-order valence-electron chi connectivity index (χ3n) is 11.3. The highest BCUT2D eigenvalue weighted by atomic mass is 32.2. The van der Waals surface area contributed by atoms with Gasteiger partial charge < -0.3 is 53.0 Å². The number of para-hydroxylation sites is 1. The number of aromatic nitrogens is 5. The number of fused-ring (bicyclic) bond motifs is 1. The predicted molar refractivity (Wildman–Crippen MR) is 273 cm³/mol. The second kappa shape index (κ2) is 28.3. The molecular formula is C48H59N13O10S2. The molecule has 8 amide bonds. The quantitative estimate of drug-likeness (QED) is 0.0298. The Morgan fingerprint density at radius 1 is 0.630 bits per heavy atom. The molecule has 0 saturated carbocycles. The number of nitrogens with one attached hydrogen (secondary N) is 9. The Bertz CT molecular complexity index is 2690. The second-order valence-corrected chi connectivity index (χ2v) is 18.8. The molecule has 2 aromatic heterocycles. The van der Waals surface area contributed by atoms with Gasteiger partial charge in [0.25, 0.3) is 0 Å². The number of rotatable bonds is 29. The molecular weight excluding hydrogens is 983 g/mol. The fourth-order valence-corrected chi connectivity index (χ4v) is 8.53. The van der Waals surface area contributed by atoms with Crippen molar-refractivity contribution in [2.24, 2.45) is 5.73 Å². The summed E-state index contributed by atoms with van der Waals surface area (Å²) in [5, 5.41) is 42.4. The number of nitrogens with zero attached hydrogens (tertiary/aromatic N) is 3. The average Bonchev–Trinajstić information content (AvgIpc) is 4.06. The van der Waals surface area contributed by atoms with Gasteiger partial charge in [-0.05, 0) is 64.8 Å². The minimum Gasteiger partial charge on any atom is -0.481 e. The highest BCUT2D eigenvalue weighted by Crippen LogP contribution is 2.20. The zero-order valence-corrected chi connectivity index (χ0v) is 41.9. The number of carboxylic acids is 1. The zero-order chi connectivity index (χ0) is 52.9. The number of hydrogen-bond acceptors (Lipinski definition) is 14. The zero-order valence-electron chi connectivity index (χ0n) is 40.3. The van der Waals surface area contributed by atoms with Crippen LogP contribution in [0.3, 0.4) is 0 Å². The van der Waals surface area contributed by atoms with Crippen LogP contribution in [-0.2, 0) is 62.4 Å². The maximum absolute atomic E-state index is 14.3. The molecule has 0 radical (unpaired) electrons. The summed E-state index contributed by atoms with van der Waals surface area (Å²) in [6.07, 6.45) is 4.52. The van der Waals surface area contributed by atoms with Crippen molar-refractivity contribution in [1.29, 1.82) is 0 Å². The van der Waals surface area contributed by atoms with Crippen molar-refractivity contribution >= 4 is 87.7 Å². The second-order valence-electron chi connectivity index (χ2n) is 16.8. The van der Waals surface area contributed by atoms with Crippen molar-refractivity contribution in [2.75, 3.05) is 30.6 Å². The predicted octanol–water partition coefficient (Wildman–Crippen LogP) is -0.113. The number of H-pyrrole nitrogens is 2. The lowest BCUT2D eigenvalue weighted by Crippen LogP contribution is -2.59. The van der Waals surface area contributed by atoms with E-state index in [1.807, 2.05) is 24.5 Å². The van der Waals surface area contributed by atoms with Crippen LogP contribution >= 0.6 is 23.5 Å². The number of carbonyl (C=O) groups excluding carboxylic acids is 8. The van der Waals surface area contributed by atoms with Gasteiger partial charge in [0, 0.05) is 48.8 Å². The fraction of sp³-hybridized carbons (Fsp3) is 0.375. The van der Waals surface area contributed by atoms with Gasteiger partial charge in [-0.3, -0.25) is 43.2 Å². The number of hydrogen-bond donors (Lipinski definition) is 11. The van der Waals surface area contributed by atoms with Crippen LogP contribution in [0.2, 0.25) is 0 Å². The van der Waals surface area contributed by atoms with E-state index in [9.17, 15) is 48.3 Å². The van der Waals surface area contributed by atoms with E-state index in [1.165, 1.54) is 30.4 Å². The molecule has 3 aromatic carbocycles. The van der Waals surface area contributed by atoms with E-state index < -0.39 is 102 Å². The van der Waals surface area contributed by atoms with Crippen LogP contribution in [0, 0.1) is 0 Å². The van der Waals surface area contributed by atoms with Crippen LogP contribution in [-0.4, -0.2) is 151 Å². The summed E-state index contributed by atoms with van der Waals surface area (Å²) in [6, 6.07) is 15.0. The van der Waals surface area contributed by atoms with E-state index in [4.69, 9.17) is 5.73 Å². The monoisotopic (exact) mass is 1040 g/mol. The Labute approximate surface area is 428 Å².